The van der Waals surface area contributed by atoms with E-state index in [-0.39, 0.29) is 6.10 Å². The third-order valence-electron chi connectivity index (χ3n) is 3.14. The number of thiazole rings is 1. The highest BCUT2D eigenvalue weighted by Gasteiger charge is 2.23. The minimum atomic E-state index is 0.0229. The minimum Gasteiger partial charge on any atom is -0.369 e. The van der Waals surface area contributed by atoms with E-state index in [0.29, 0.717) is 0 Å². The summed E-state index contributed by atoms with van der Waals surface area (Å²) in [5.74, 6) is 0. The summed E-state index contributed by atoms with van der Waals surface area (Å²) in [4.78, 5) is 16.5. The lowest BCUT2D eigenvalue weighted by Gasteiger charge is -2.32. The summed E-state index contributed by atoms with van der Waals surface area (Å²) < 4.78 is 5.80. The molecule has 1 atom stereocenters. The molecule has 1 fully saturated rings. The highest BCUT2D eigenvalue weighted by molar-refractivity contribution is 7.09. The van der Waals surface area contributed by atoms with Crippen molar-refractivity contribution in [1.29, 1.82) is 0 Å². The molecule has 0 amide bonds. The van der Waals surface area contributed by atoms with E-state index in [1.165, 1.54) is 4.88 Å². The zero-order valence-electron chi connectivity index (χ0n) is 10.8. The quantitative estimate of drug-likeness (QED) is 0.856. The first kappa shape index (κ1) is 12.7. The van der Waals surface area contributed by atoms with Gasteiger partial charge >= 0.3 is 0 Å². The molecule has 1 saturated heterocycles. The van der Waals surface area contributed by atoms with Crippen LogP contribution in [0.3, 0.4) is 0 Å². The number of hydrogen-bond donors (Lipinski definition) is 0. The largest absolute Gasteiger partial charge is 0.369 e. The molecular formula is C13H16N4OS. The maximum absolute atomic E-state index is 5.80. The number of aryl methyl sites for hydroxylation is 1. The molecule has 0 unspecified atom stereocenters. The Kier molecular flexibility index (Phi) is 3.82. The summed E-state index contributed by atoms with van der Waals surface area (Å²) >= 11 is 1.69. The van der Waals surface area contributed by atoms with Crippen molar-refractivity contribution in [2.45, 2.75) is 19.6 Å². The second kappa shape index (κ2) is 5.73. The fourth-order valence-corrected chi connectivity index (χ4v) is 2.77. The molecule has 1 aliphatic rings. The summed E-state index contributed by atoms with van der Waals surface area (Å²) in [6, 6.07) is 0. The van der Waals surface area contributed by atoms with Gasteiger partial charge in [-0.3, -0.25) is 19.9 Å². The zero-order chi connectivity index (χ0) is 13.1. The van der Waals surface area contributed by atoms with Crippen molar-refractivity contribution < 1.29 is 4.74 Å². The minimum absolute atomic E-state index is 0.0229. The lowest BCUT2D eigenvalue weighted by atomic mass is 10.2. The SMILES string of the molecule is Cc1cnc([C@H]2CN(Cc3cncs3)CCO2)cn1. The van der Waals surface area contributed by atoms with Crippen LogP contribution in [0.25, 0.3) is 0 Å². The normalized spacial score (nSPS) is 20.6. The number of nitrogens with zero attached hydrogens (tertiary/aromatic N) is 4. The van der Waals surface area contributed by atoms with E-state index in [0.717, 1.165) is 37.6 Å². The van der Waals surface area contributed by atoms with Crippen molar-refractivity contribution in [2.24, 2.45) is 0 Å². The summed E-state index contributed by atoms with van der Waals surface area (Å²) in [6.45, 7) is 5.42. The van der Waals surface area contributed by atoms with E-state index in [9.17, 15) is 0 Å². The van der Waals surface area contributed by atoms with Gasteiger partial charge in [0, 0.05) is 36.9 Å². The average molecular weight is 276 g/mol. The van der Waals surface area contributed by atoms with Crippen LogP contribution in [-0.4, -0.2) is 39.5 Å². The van der Waals surface area contributed by atoms with Crippen LogP contribution in [-0.2, 0) is 11.3 Å². The molecule has 100 valence electrons. The predicted octanol–water partition coefficient (Wildman–Crippen LogP) is 1.82. The Hall–Kier alpha value is -1.37. The van der Waals surface area contributed by atoms with E-state index < -0.39 is 0 Å². The van der Waals surface area contributed by atoms with Crippen LogP contribution >= 0.6 is 11.3 Å². The Bertz CT molecular complexity index is 514. The van der Waals surface area contributed by atoms with Crippen LogP contribution in [0.1, 0.15) is 22.4 Å². The van der Waals surface area contributed by atoms with Gasteiger partial charge in [-0.25, -0.2) is 0 Å². The molecule has 0 saturated carbocycles. The molecular weight excluding hydrogens is 260 g/mol. The number of morpholine rings is 1. The number of ether oxygens (including phenoxy) is 1. The summed E-state index contributed by atoms with van der Waals surface area (Å²) in [5.41, 5.74) is 3.72. The van der Waals surface area contributed by atoms with Gasteiger partial charge in [-0.15, -0.1) is 11.3 Å². The van der Waals surface area contributed by atoms with Crippen LogP contribution in [0.2, 0.25) is 0 Å². The van der Waals surface area contributed by atoms with Crippen LogP contribution < -0.4 is 0 Å². The van der Waals surface area contributed by atoms with Crippen molar-refractivity contribution in [3.63, 3.8) is 0 Å². The summed E-state index contributed by atoms with van der Waals surface area (Å²) in [7, 11) is 0. The van der Waals surface area contributed by atoms with Gasteiger partial charge in [0.25, 0.3) is 0 Å². The van der Waals surface area contributed by atoms with Crippen molar-refractivity contribution in [2.75, 3.05) is 19.7 Å². The van der Waals surface area contributed by atoms with Gasteiger partial charge in [-0.2, -0.15) is 0 Å². The smallest absolute Gasteiger partial charge is 0.114 e. The number of aromatic nitrogens is 3. The van der Waals surface area contributed by atoms with E-state index in [1.807, 2.05) is 24.8 Å². The topological polar surface area (TPSA) is 51.1 Å². The van der Waals surface area contributed by atoms with Crippen molar-refractivity contribution >= 4 is 11.3 Å². The highest BCUT2D eigenvalue weighted by atomic mass is 32.1. The molecule has 5 nitrogen and oxygen atoms in total. The zero-order valence-corrected chi connectivity index (χ0v) is 11.6. The molecule has 0 radical (unpaired) electrons. The van der Waals surface area contributed by atoms with Crippen molar-refractivity contribution in [3.05, 3.63) is 40.4 Å². The molecule has 0 spiro atoms. The van der Waals surface area contributed by atoms with Crippen LogP contribution in [0.4, 0.5) is 0 Å². The summed E-state index contributed by atoms with van der Waals surface area (Å²) in [6.07, 6.45) is 5.56. The molecule has 2 aromatic heterocycles. The molecule has 3 heterocycles. The van der Waals surface area contributed by atoms with Gasteiger partial charge in [0.1, 0.15) is 6.10 Å². The van der Waals surface area contributed by atoms with E-state index >= 15 is 0 Å². The van der Waals surface area contributed by atoms with Crippen molar-refractivity contribution in [1.82, 2.24) is 19.9 Å². The molecule has 0 bridgehead atoms. The molecule has 0 aromatic carbocycles. The Balaban J connectivity index is 1.66. The fraction of sp³-hybridized carbons (Fsp3) is 0.462. The monoisotopic (exact) mass is 276 g/mol. The van der Waals surface area contributed by atoms with Gasteiger partial charge in [0.2, 0.25) is 0 Å². The first-order valence-electron chi connectivity index (χ1n) is 6.31. The third-order valence-corrected chi connectivity index (χ3v) is 3.91. The maximum atomic E-state index is 5.80. The Morgan fingerprint density at radius 3 is 3.05 bits per heavy atom. The van der Waals surface area contributed by atoms with E-state index in [4.69, 9.17) is 4.74 Å². The molecule has 0 aliphatic carbocycles. The molecule has 6 heteroatoms. The van der Waals surface area contributed by atoms with Crippen LogP contribution in [0.15, 0.2) is 24.1 Å². The average Bonchev–Trinajstić information content (AvgIpc) is 2.93. The van der Waals surface area contributed by atoms with Crippen molar-refractivity contribution in [3.8, 4) is 0 Å². The Labute approximate surface area is 116 Å². The van der Waals surface area contributed by atoms with Gasteiger partial charge in [-0.1, -0.05) is 0 Å². The Morgan fingerprint density at radius 2 is 2.32 bits per heavy atom. The predicted molar refractivity (Wildman–Crippen MR) is 72.9 cm³/mol. The third kappa shape index (κ3) is 3.15. The number of rotatable bonds is 3. The lowest BCUT2D eigenvalue weighted by molar-refractivity contribution is -0.0348. The van der Waals surface area contributed by atoms with Gasteiger partial charge in [-0.05, 0) is 6.92 Å². The van der Waals surface area contributed by atoms with E-state index in [1.54, 1.807) is 17.5 Å². The van der Waals surface area contributed by atoms with E-state index in [2.05, 4.69) is 19.9 Å². The lowest BCUT2D eigenvalue weighted by Crippen LogP contribution is -2.38. The second-order valence-corrected chi connectivity index (χ2v) is 5.62. The van der Waals surface area contributed by atoms with Crippen LogP contribution in [0.5, 0.6) is 0 Å². The van der Waals surface area contributed by atoms with Crippen LogP contribution in [0, 0.1) is 6.92 Å². The fourth-order valence-electron chi connectivity index (χ4n) is 2.13. The highest BCUT2D eigenvalue weighted by Crippen LogP contribution is 2.21. The standard InChI is InChI=1S/C13H16N4OS/c1-10-4-16-12(6-15-10)13-8-17(2-3-18-13)7-11-5-14-9-19-11/h4-6,9,13H,2-3,7-8H2,1H3/t13-/m1/s1. The Morgan fingerprint density at radius 1 is 1.37 bits per heavy atom. The molecule has 3 rings (SSSR count). The molecule has 0 N–H and O–H groups in total. The van der Waals surface area contributed by atoms with Gasteiger partial charge < -0.3 is 4.74 Å². The first-order chi connectivity index (χ1) is 9.31. The molecule has 2 aromatic rings. The first-order valence-corrected chi connectivity index (χ1v) is 7.19. The summed E-state index contributed by atoms with van der Waals surface area (Å²) in [5, 5.41) is 0. The second-order valence-electron chi connectivity index (χ2n) is 4.64. The van der Waals surface area contributed by atoms with Gasteiger partial charge in [0.15, 0.2) is 0 Å². The molecule has 19 heavy (non-hydrogen) atoms. The maximum Gasteiger partial charge on any atom is 0.114 e. The van der Waals surface area contributed by atoms with Gasteiger partial charge in [0.05, 0.1) is 29.7 Å². The molecule has 1 aliphatic heterocycles. The number of hydrogen-bond acceptors (Lipinski definition) is 6.